The standard InChI is InChI=1S/C26H33N3O.C6H8O7/c1-18-8-4-6-10-22(18)26(30)14-13-25(16-19(26)17-29(2)3)24-21(12-15-27-25)20-9-5-7-11-23(20)28-24;7-3(8)1-6(13,5(11)12)2-4(9)10/h4-11,19,27-28,30H,12-17H2,1-3H3;13H,1-2H2,(H,7,8)(H,9,10)(H,11,12). The summed E-state index contributed by atoms with van der Waals surface area (Å²) in [6.45, 7) is 3.98. The van der Waals surface area contributed by atoms with Gasteiger partial charge in [-0.3, -0.25) is 9.59 Å². The van der Waals surface area contributed by atoms with Gasteiger partial charge in [0.15, 0.2) is 5.60 Å². The van der Waals surface area contributed by atoms with E-state index >= 15 is 0 Å². The van der Waals surface area contributed by atoms with E-state index in [4.69, 9.17) is 20.4 Å². The highest BCUT2D eigenvalue weighted by molar-refractivity contribution is 5.88. The zero-order valence-corrected chi connectivity index (χ0v) is 24.8. The minimum atomic E-state index is -2.74. The van der Waals surface area contributed by atoms with Gasteiger partial charge in [0.1, 0.15) is 0 Å². The molecule has 1 aliphatic carbocycles. The van der Waals surface area contributed by atoms with E-state index in [1.165, 1.54) is 27.7 Å². The molecule has 232 valence electrons. The van der Waals surface area contributed by atoms with Gasteiger partial charge in [-0.15, -0.1) is 0 Å². The Bertz CT molecular complexity index is 1480. The van der Waals surface area contributed by atoms with Crippen molar-refractivity contribution in [3.63, 3.8) is 0 Å². The van der Waals surface area contributed by atoms with E-state index in [2.05, 4.69) is 84.8 Å². The Morgan fingerprint density at radius 3 is 2.21 bits per heavy atom. The Morgan fingerprint density at radius 2 is 1.60 bits per heavy atom. The summed E-state index contributed by atoms with van der Waals surface area (Å²) >= 11 is 0. The second-order valence-electron chi connectivity index (χ2n) is 12.2. The summed E-state index contributed by atoms with van der Waals surface area (Å²) < 4.78 is 0. The van der Waals surface area contributed by atoms with Crippen LogP contribution in [0.15, 0.2) is 48.5 Å². The van der Waals surface area contributed by atoms with Crippen LogP contribution in [0.25, 0.3) is 10.9 Å². The number of aromatic amines is 1. The monoisotopic (exact) mass is 595 g/mol. The average molecular weight is 596 g/mol. The number of carboxylic acids is 3. The van der Waals surface area contributed by atoms with E-state index in [-0.39, 0.29) is 11.5 Å². The largest absolute Gasteiger partial charge is 0.481 e. The van der Waals surface area contributed by atoms with Gasteiger partial charge in [-0.2, -0.15) is 0 Å². The van der Waals surface area contributed by atoms with Gasteiger partial charge < -0.3 is 40.7 Å². The smallest absolute Gasteiger partial charge is 0.336 e. The molecule has 2 aliphatic rings. The number of nitrogens with one attached hydrogen (secondary N) is 2. The van der Waals surface area contributed by atoms with Gasteiger partial charge in [-0.25, -0.2) is 4.79 Å². The summed E-state index contributed by atoms with van der Waals surface area (Å²) in [4.78, 5) is 36.5. The first-order valence-corrected chi connectivity index (χ1v) is 14.4. The highest BCUT2D eigenvalue weighted by atomic mass is 16.4. The number of benzene rings is 2. The molecule has 2 heterocycles. The summed E-state index contributed by atoms with van der Waals surface area (Å²) in [6, 6.07) is 17.0. The molecule has 3 atom stereocenters. The Morgan fingerprint density at radius 1 is 0.977 bits per heavy atom. The number of hydrogen-bond donors (Lipinski definition) is 7. The highest BCUT2D eigenvalue weighted by Gasteiger charge is 2.52. The number of nitrogens with zero attached hydrogens (tertiary/aromatic N) is 1. The quantitative estimate of drug-likeness (QED) is 0.204. The molecule has 11 nitrogen and oxygen atoms in total. The van der Waals surface area contributed by atoms with Crippen LogP contribution in [0.3, 0.4) is 0 Å². The van der Waals surface area contributed by atoms with E-state index < -0.39 is 42.0 Å². The van der Waals surface area contributed by atoms with Gasteiger partial charge in [-0.1, -0.05) is 42.5 Å². The Kier molecular flexibility index (Phi) is 9.31. The van der Waals surface area contributed by atoms with E-state index in [0.717, 1.165) is 44.3 Å². The second kappa shape index (κ2) is 12.5. The normalized spacial score (nSPS) is 23.4. The van der Waals surface area contributed by atoms with E-state index in [1.807, 2.05) is 0 Å². The number of rotatable bonds is 8. The predicted molar refractivity (Wildman–Crippen MR) is 160 cm³/mol. The molecule has 3 aromatic rings. The van der Waals surface area contributed by atoms with Crippen molar-refractivity contribution < 1.29 is 39.9 Å². The molecule has 3 unspecified atom stereocenters. The zero-order valence-electron chi connectivity index (χ0n) is 24.8. The van der Waals surface area contributed by atoms with Crippen molar-refractivity contribution >= 4 is 28.8 Å². The third kappa shape index (κ3) is 6.59. The molecule has 1 spiro atoms. The van der Waals surface area contributed by atoms with Gasteiger partial charge in [0.2, 0.25) is 0 Å². The number of aromatic nitrogens is 1. The molecule has 0 amide bonds. The fraction of sp³-hybridized carbons (Fsp3) is 0.469. The van der Waals surface area contributed by atoms with E-state index in [9.17, 15) is 19.5 Å². The summed E-state index contributed by atoms with van der Waals surface area (Å²) in [5.41, 5.74) is 2.70. The second-order valence-corrected chi connectivity index (χ2v) is 12.2. The van der Waals surface area contributed by atoms with Crippen molar-refractivity contribution in [3.8, 4) is 0 Å². The Labute approximate surface area is 250 Å². The molecule has 0 bridgehead atoms. The fourth-order valence-electron chi connectivity index (χ4n) is 6.85. The van der Waals surface area contributed by atoms with Crippen LogP contribution in [0.1, 0.15) is 54.5 Å². The lowest BCUT2D eigenvalue weighted by Crippen LogP contribution is -2.57. The molecule has 11 heteroatoms. The van der Waals surface area contributed by atoms with Crippen LogP contribution in [0.2, 0.25) is 0 Å². The summed E-state index contributed by atoms with van der Waals surface area (Å²) in [7, 11) is 4.23. The summed E-state index contributed by atoms with van der Waals surface area (Å²) in [5.74, 6) is -4.87. The lowest BCUT2D eigenvalue weighted by atomic mass is 9.62. The van der Waals surface area contributed by atoms with Crippen LogP contribution in [-0.2, 0) is 31.9 Å². The summed E-state index contributed by atoms with van der Waals surface area (Å²) in [5, 5.41) is 51.1. The van der Waals surface area contributed by atoms with Gasteiger partial charge in [-0.05, 0) is 69.5 Å². The van der Waals surface area contributed by atoms with Crippen LogP contribution < -0.4 is 5.32 Å². The van der Waals surface area contributed by atoms with Crippen molar-refractivity contribution in [2.75, 3.05) is 27.2 Å². The topological polar surface area (TPSA) is 183 Å². The van der Waals surface area contributed by atoms with E-state index in [0.29, 0.717) is 0 Å². The first-order valence-electron chi connectivity index (χ1n) is 14.4. The molecule has 5 rings (SSSR count). The molecule has 0 radical (unpaired) electrons. The molecule has 2 aromatic carbocycles. The predicted octanol–water partition coefficient (Wildman–Crippen LogP) is 2.82. The maximum atomic E-state index is 12.1. The molecular formula is C32H41N3O8. The number of carboxylic acid groups (broad SMARTS) is 3. The lowest BCUT2D eigenvalue weighted by molar-refractivity contribution is -0.170. The Hall–Kier alpha value is -3.77. The molecule has 1 aliphatic heterocycles. The van der Waals surface area contributed by atoms with Crippen LogP contribution in [0.5, 0.6) is 0 Å². The third-order valence-electron chi connectivity index (χ3n) is 8.82. The van der Waals surface area contributed by atoms with Crippen molar-refractivity contribution in [1.82, 2.24) is 15.2 Å². The maximum absolute atomic E-state index is 12.1. The first-order chi connectivity index (χ1) is 20.2. The molecule has 0 saturated heterocycles. The van der Waals surface area contributed by atoms with Gasteiger partial charge in [0.25, 0.3) is 0 Å². The minimum Gasteiger partial charge on any atom is -0.481 e. The molecule has 1 fully saturated rings. The van der Waals surface area contributed by atoms with Gasteiger partial charge >= 0.3 is 17.9 Å². The van der Waals surface area contributed by atoms with Gasteiger partial charge in [0.05, 0.1) is 24.0 Å². The molecule has 7 N–H and O–H groups in total. The van der Waals surface area contributed by atoms with Gasteiger partial charge in [0, 0.05) is 35.6 Å². The van der Waals surface area contributed by atoms with Crippen molar-refractivity contribution in [2.45, 2.75) is 62.2 Å². The number of aryl methyl sites for hydroxylation is 1. The molecule has 43 heavy (non-hydrogen) atoms. The SMILES string of the molecule is Cc1ccccc1C1(O)CCC2(CC1CN(C)C)NCCc1c2[nH]c2ccccc12.O=C(O)CC(O)(CC(=O)O)C(=O)O. The van der Waals surface area contributed by atoms with Crippen LogP contribution in [-0.4, -0.2) is 86.1 Å². The summed E-state index contributed by atoms with van der Waals surface area (Å²) in [6.07, 6.45) is 1.39. The van der Waals surface area contributed by atoms with Crippen LogP contribution >= 0.6 is 0 Å². The molecule has 1 aromatic heterocycles. The number of carbonyl (C=O) groups is 3. The highest BCUT2D eigenvalue weighted by Crippen LogP contribution is 2.52. The lowest BCUT2D eigenvalue weighted by Gasteiger charge is -2.52. The number of H-pyrrole nitrogens is 1. The fourth-order valence-corrected chi connectivity index (χ4v) is 6.85. The number of aliphatic carboxylic acids is 3. The van der Waals surface area contributed by atoms with Crippen LogP contribution in [0, 0.1) is 12.8 Å². The number of fused-ring (bicyclic) bond motifs is 4. The molecular weight excluding hydrogens is 554 g/mol. The maximum Gasteiger partial charge on any atom is 0.336 e. The number of aliphatic hydroxyl groups is 2. The third-order valence-corrected chi connectivity index (χ3v) is 8.82. The van der Waals surface area contributed by atoms with Crippen molar-refractivity contribution in [1.29, 1.82) is 0 Å². The Balaban J connectivity index is 0.000000277. The molecule has 1 saturated carbocycles. The number of hydrogen-bond acceptors (Lipinski definition) is 7. The van der Waals surface area contributed by atoms with E-state index in [1.54, 1.807) is 0 Å². The zero-order chi connectivity index (χ0) is 31.6. The van der Waals surface area contributed by atoms with Crippen molar-refractivity contribution in [2.24, 2.45) is 5.92 Å². The number of para-hydroxylation sites is 1. The first kappa shape index (κ1) is 32.2. The minimum absolute atomic E-state index is 0.0950. The van der Waals surface area contributed by atoms with Crippen LogP contribution in [0.4, 0.5) is 0 Å². The average Bonchev–Trinajstić information content (AvgIpc) is 3.31. The van der Waals surface area contributed by atoms with Crippen molar-refractivity contribution in [3.05, 3.63) is 70.9 Å².